The summed E-state index contributed by atoms with van der Waals surface area (Å²) in [5.74, 6) is 0. The second-order valence-corrected chi connectivity index (χ2v) is 5.99. The van der Waals surface area contributed by atoms with Crippen LogP contribution in [0.4, 0.5) is 5.69 Å². The van der Waals surface area contributed by atoms with E-state index in [0.717, 1.165) is 24.9 Å². The quantitative estimate of drug-likeness (QED) is 0.765. The first-order valence-corrected chi connectivity index (χ1v) is 8.28. The number of hydrogen-bond donors (Lipinski definition) is 2. The largest absolute Gasteiger partial charge is 0.360 e. The molecule has 0 spiro atoms. The van der Waals surface area contributed by atoms with Gasteiger partial charge in [0.1, 0.15) is 0 Å². The molecular formula is C19H24N2S. The Morgan fingerprint density at radius 2 is 1.77 bits per heavy atom. The molecule has 0 aliphatic carbocycles. The van der Waals surface area contributed by atoms with Gasteiger partial charge in [0.25, 0.3) is 0 Å². The zero-order valence-corrected chi connectivity index (χ0v) is 14.1. The molecular weight excluding hydrogens is 288 g/mol. The topological polar surface area (TPSA) is 24.1 Å². The minimum atomic E-state index is 0.342. The summed E-state index contributed by atoms with van der Waals surface area (Å²) >= 11 is 5.40. The highest BCUT2D eigenvalue weighted by molar-refractivity contribution is 7.80. The van der Waals surface area contributed by atoms with Crippen LogP contribution in [0.5, 0.6) is 0 Å². The van der Waals surface area contributed by atoms with Gasteiger partial charge in [-0.25, -0.2) is 0 Å². The molecule has 2 nitrogen and oxygen atoms in total. The molecule has 0 amide bonds. The highest BCUT2D eigenvalue weighted by Crippen LogP contribution is 2.11. The maximum atomic E-state index is 5.40. The zero-order valence-electron chi connectivity index (χ0n) is 13.3. The third-order valence-corrected chi connectivity index (χ3v) is 3.90. The Balaban J connectivity index is 1.78. The third kappa shape index (κ3) is 5.49. The standard InChI is InChI=1S/C19H24N2S/c1-3-16-10-7-11-18(14-16)21-19(22)20-15(2)12-13-17-8-5-4-6-9-17/h4-11,14-15H,3,12-13H2,1-2H3,(H2,20,21,22)/t15-/m1/s1. The molecule has 2 N–H and O–H groups in total. The van der Waals surface area contributed by atoms with Crippen LogP contribution in [0.25, 0.3) is 0 Å². The zero-order chi connectivity index (χ0) is 15.8. The molecule has 0 unspecified atom stereocenters. The van der Waals surface area contributed by atoms with Crippen LogP contribution < -0.4 is 10.6 Å². The summed E-state index contributed by atoms with van der Waals surface area (Å²) in [7, 11) is 0. The molecule has 0 bridgehead atoms. The first-order chi connectivity index (χ1) is 10.7. The summed E-state index contributed by atoms with van der Waals surface area (Å²) in [5.41, 5.74) is 3.72. The summed E-state index contributed by atoms with van der Waals surface area (Å²) in [6.07, 6.45) is 3.15. The second-order valence-electron chi connectivity index (χ2n) is 5.58. The van der Waals surface area contributed by atoms with E-state index in [1.807, 2.05) is 6.07 Å². The van der Waals surface area contributed by atoms with Crippen molar-refractivity contribution in [3.8, 4) is 0 Å². The average Bonchev–Trinajstić information content (AvgIpc) is 2.54. The lowest BCUT2D eigenvalue weighted by Crippen LogP contribution is -2.36. The summed E-state index contributed by atoms with van der Waals surface area (Å²) < 4.78 is 0. The second kappa shape index (κ2) is 8.54. The number of nitrogens with one attached hydrogen (secondary N) is 2. The predicted octanol–water partition coefficient (Wildman–Crippen LogP) is 4.56. The van der Waals surface area contributed by atoms with Gasteiger partial charge in [0.2, 0.25) is 0 Å². The number of thiocarbonyl (C=S) groups is 1. The van der Waals surface area contributed by atoms with Crippen molar-refractivity contribution in [3.63, 3.8) is 0 Å². The molecule has 22 heavy (non-hydrogen) atoms. The minimum Gasteiger partial charge on any atom is -0.360 e. The summed E-state index contributed by atoms with van der Waals surface area (Å²) in [6.45, 7) is 4.32. The van der Waals surface area contributed by atoms with Crippen LogP contribution in [-0.2, 0) is 12.8 Å². The van der Waals surface area contributed by atoms with Gasteiger partial charge in [-0.2, -0.15) is 0 Å². The van der Waals surface area contributed by atoms with Crippen molar-refractivity contribution in [2.75, 3.05) is 5.32 Å². The molecule has 0 aliphatic heterocycles. The van der Waals surface area contributed by atoms with Gasteiger partial charge in [-0.15, -0.1) is 0 Å². The Kier molecular flexibility index (Phi) is 6.41. The van der Waals surface area contributed by atoms with Gasteiger partial charge in [0, 0.05) is 11.7 Å². The molecule has 0 heterocycles. The maximum Gasteiger partial charge on any atom is 0.170 e. The molecule has 0 saturated carbocycles. The lowest BCUT2D eigenvalue weighted by atomic mass is 10.1. The van der Waals surface area contributed by atoms with Crippen LogP contribution in [0.1, 0.15) is 31.4 Å². The monoisotopic (exact) mass is 312 g/mol. The number of rotatable bonds is 6. The van der Waals surface area contributed by atoms with Gasteiger partial charge in [-0.1, -0.05) is 49.4 Å². The summed E-state index contributed by atoms with van der Waals surface area (Å²) in [5, 5.41) is 7.31. The van der Waals surface area contributed by atoms with Crippen molar-refractivity contribution >= 4 is 23.0 Å². The molecule has 3 heteroatoms. The van der Waals surface area contributed by atoms with Crippen molar-refractivity contribution in [3.05, 3.63) is 65.7 Å². The molecule has 0 aromatic heterocycles. The van der Waals surface area contributed by atoms with Gasteiger partial charge in [0.05, 0.1) is 0 Å². The first-order valence-electron chi connectivity index (χ1n) is 7.87. The van der Waals surface area contributed by atoms with Crippen molar-refractivity contribution in [2.24, 2.45) is 0 Å². The molecule has 0 radical (unpaired) electrons. The number of benzene rings is 2. The van der Waals surface area contributed by atoms with Gasteiger partial charge >= 0.3 is 0 Å². The van der Waals surface area contributed by atoms with Crippen molar-refractivity contribution < 1.29 is 0 Å². The van der Waals surface area contributed by atoms with Crippen molar-refractivity contribution in [1.29, 1.82) is 0 Å². The van der Waals surface area contributed by atoms with Crippen LogP contribution in [0.15, 0.2) is 54.6 Å². The lowest BCUT2D eigenvalue weighted by Gasteiger charge is -2.17. The first kappa shape index (κ1) is 16.5. The molecule has 1 atom stereocenters. The highest BCUT2D eigenvalue weighted by atomic mass is 32.1. The van der Waals surface area contributed by atoms with E-state index >= 15 is 0 Å². The summed E-state index contributed by atoms with van der Waals surface area (Å²) in [4.78, 5) is 0. The molecule has 2 aromatic carbocycles. The molecule has 0 aliphatic rings. The normalized spacial score (nSPS) is 11.7. The molecule has 116 valence electrons. The van der Waals surface area contributed by atoms with E-state index in [-0.39, 0.29) is 0 Å². The van der Waals surface area contributed by atoms with E-state index in [2.05, 4.69) is 73.0 Å². The third-order valence-electron chi connectivity index (χ3n) is 3.68. The van der Waals surface area contributed by atoms with Gasteiger partial charge < -0.3 is 10.6 Å². The smallest absolute Gasteiger partial charge is 0.170 e. The predicted molar refractivity (Wildman–Crippen MR) is 99.4 cm³/mol. The van der Waals surface area contributed by atoms with Crippen LogP contribution in [0.2, 0.25) is 0 Å². The minimum absolute atomic E-state index is 0.342. The van der Waals surface area contributed by atoms with E-state index in [1.54, 1.807) is 0 Å². The number of aryl methyl sites for hydroxylation is 2. The van der Waals surface area contributed by atoms with Crippen LogP contribution in [0, 0.1) is 0 Å². The Morgan fingerprint density at radius 1 is 1.05 bits per heavy atom. The SMILES string of the molecule is CCc1cccc(NC(=S)N[C@H](C)CCc2ccccc2)c1. The van der Waals surface area contributed by atoms with E-state index in [4.69, 9.17) is 12.2 Å². The Bertz CT molecular complexity index is 595. The summed E-state index contributed by atoms with van der Waals surface area (Å²) in [6, 6.07) is 19.3. The lowest BCUT2D eigenvalue weighted by molar-refractivity contribution is 0.609. The van der Waals surface area contributed by atoms with E-state index in [0.29, 0.717) is 11.2 Å². The molecule has 2 rings (SSSR count). The van der Waals surface area contributed by atoms with E-state index in [1.165, 1.54) is 11.1 Å². The molecule has 0 fully saturated rings. The van der Waals surface area contributed by atoms with Gasteiger partial charge in [-0.05, 0) is 61.7 Å². The van der Waals surface area contributed by atoms with Crippen molar-refractivity contribution in [1.82, 2.24) is 5.32 Å². The van der Waals surface area contributed by atoms with Crippen LogP contribution >= 0.6 is 12.2 Å². The van der Waals surface area contributed by atoms with E-state index in [9.17, 15) is 0 Å². The van der Waals surface area contributed by atoms with Crippen molar-refractivity contribution in [2.45, 2.75) is 39.2 Å². The van der Waals surface area contributed by atoms with Crippen LogP contribution in [0.3, 0.4) is 0 Å². The Hall–Kier alpha value is -1.87. The Labute approximate surface area is 139 Å². The fourth-order valence-corrected chi connectivity index (χ4v) is 2.68. The number of anilines is 1. The number of hydrogen-bond acceptors (Lipinski definition) is 1. The molecule has 2 aromatic rings. The van der Waals surface area contributed by atoms with Crippen LogP contribution in [-0.4, -0.2) is 11.2 Å². The highest BCUT2D eigenvalue weighted by Gasteiger charge is 2.05. The average molecular weight is 312 g/mol. The van der Waals surface area contributed by atoms with Gasteiger partial charge in [-0.3, -0.25) is 0 Å². The van der Waals surface area contributed by atoms with Gasteiger partial charge in [0.15, 0.2) is 5.11 Å². The Morgan fingerprint density at radius 3 is 2.50 bits per heavy atom. The fourth-order valence-electron chi connectivity index (χ4n) is 2.36. The van der Waals surface area contributed by atoms with E-state index < -0.39 is 0 Å². The maximum absolute atomic E-state index is 5.40. The molecule has 0 saturated heterocycles. The fraction of sp³-hybridized carbons (Fsp3) is 0.316.